The maximum absolute atomic E-state index is 14.3. The number of aliphatic imine (C=N–C) groups is 1. The number of carbonyl (C=O) groups is 2. The van der Waals surface area contributed by atoms with Gasteiger partial charge in [0.15, 0.2) is 15.0 Å². The molecule has 7 nitrogen and oxygen atoms in total. The first kappa shape index (κ1) is 18.8. The van der Waals surface area contributed by atoms with E-state index in [9.17, 15) is 31.9 Å². The average Bonchev–Trinajstić information content (AvgIpc) is 2.97. The van der Waals surface area contributed by atoms with Crippen LogP contribution in [0.2, 0.25) is 0 Å². The topological polar surface area (TPSA) is 107 Å². The first-order valence-electron chi connectivity index (χ1n) is 7.59. The van der Waals surface area contributed by atoms with Gasteiger partial charge in [0, 0.05) is 23.7 Å². The highest BCUT2D eigenvalue weighted by Crippen LogP contribution is 2.41. The van der Waals surface area contributed by atoms with Gasteiger partial charge in [-0.25, -0.2) is 17.2 Å². The van der Waals surface area contributed by atoms with Crippen molar-refractivity contribution in [1.82, 2.24) is 0 Å². The highest BCUT2D eigenvalue weighted by molar-refractivity contribution is 8.16. The smallest absolute Gasteiger partial charge is 0.248 e. The lowest BCUT2D eigenvalue weighted by molar-refractivity contribution is -0.305. The number of rotatable bonds is 4. The summed E-state index contributed by atoms with van der Waals surface area (Å²) < 4.78 is 51.2. The molecular formula is C15H13F2N2O5S2-. The van der Waals surface area contributed by atoms with Crippen molar-refractivity contribution in [2.45, 2.75) is 24.1 Å². The number of aliphatic carboxylic acids is 1. The number of anilines is 1. The van der Waals surface area contributed by atoms with Crippen molar-refractivity contribution in [3.63, 3.8) is 0 Å². The summed E-state index contributed by atoms with van der Waals surface area (Å²) in [7, 11) is -3.33. The van der Waals surface area contributed by atoms with Crippen LogP contribution >= 0.6 is 11.8 Å². The normalized spacial score (nSPS) is 25.5. The van der Waals surface area contributed by atoms with Crippen LogP contribution in [0, 0.1) is 11.6 Å². The molecule has 2 atom stereocenters. The maximum atomic E-state index is 14.3. The Morgan fingerprint density at radius 1 is 1.27 bits per heavy atom. The minimum atomic E-state index is -3.33. The van der Waals surface area contributed by atoms with Crippen molar-refractivity contribution >= 4 is 44.3 Å². The van der Waals surface area contributed by atoms with Gasteiger partial charge in [-0.3, -0.25) is 4.79 Å². The summed E-state index contributed by atoms with van der Waals surface area (Å²) in [5.74, 6) is -4.24. The quantitative estimate of drug-likeness (QED) is 0.702. The van der Waals surface area contributed by atoms with Crippen LogP contribution in [0.3, 0.4) is 0 Å². The highest BCUT2D eigenvalue weighted by Gasteiger charge is 2.50. The molecule has 1 amide bonds. The Labute approximate surface area is 152 Å². The van der Waals surface area contributed by atoms with Crippen LogP contribution in [0.4, 0.5) is 14.5 Å². The van der Waals surface area contributed by atoms with Crippen molar-refractivity contribution in [2.24, 2.45) is 4.99 Å². The number of carboxylic acid groups (broad SMARTS) is 1. The van der Waals surface area contributed by atoms with Gasteiger partial charge >= 0.3 is 0 Å². The van der Waals surface area contributed by atoms with Crippen LogP contribution in [-0.4, -0.2) is 48.3 Å². The van der Waals surface area contributed by atoms with Crippen molar-refractivity contribution in [1.29, 1.82) is 0 Å². The summed E-state index contributed by atoms with van der Waals surface area (Å²) in [5.41, 5.74) is -0.0880. The molecule has 0 aromatic heterocycles. The second kappa shape index (κ2) is 6.95. The molecule has 11 heteroatoms. The summed E-state index contributed by atoms with van der Waals surface area (Å²) in [6.45, 7) is 0. The number of fused-ring (bicyclic) bond motifs is 1. The van der Waals surface area contributed by atoms with Crippen LogP contribution in [0.25, 0.3) is 0 Å². The van der Waals surface area contributed by atoms with Gasteiger partial charge in [0.1, 0.15) is 11.6 Å². The third-order valence-electron chi connectivity index (χ3n) is 4.00. The molecule has 0 bridgehead atoms. The first-order chi connectivity index (χ1) is 12.2. The van der Waals surface area contributed by atoms with Gasteiger partial charge in [0.25, 0.3) is 0 Å². The standard InChI is InChI=1S/C15H14F2N2O5S2/c16-8-1-2-10(9(17)5-8)19-11-6-26(23,24)7-12(11)25-15(19)18-13(20)3-4-14(21)22/h1-2,5,11-12H,3-4,6-7H2,(H,21,22)/p-1/t11-,12-/m0/s1. The minimum Gasteiger partial charge on any atom is -0.550 e. The summed E-state index contributed by atoms with van der Waals surface area (Å²) in [6.07, 6.45) is -0.897. The van der Waals surface area contributed by atoms with Crippen molar-refractivity contribution in [2.75, 3.05) is 16.4 Å². The molecule has 2 aliphatic rings. The van der Waals surface area contributed by atoms with Gasteiger partial charge in [-0.15, -0.1) is 0 Å². The fraction of sp³-hybridized carbons (Fsp3) is 0.400. The Bertz CT molecular complexity index is 903. The predicted molar refractivity (Wildman–Crippen MR) is 89.3 cm³/mol. The second-order valence-corrected chi connectivity index (χ2v) is 9.29. The van der Waals surface area contributed by atoms with Crippen LogP contribution < -0.4 is 10.0 Å². The third kappa shape index (κ3) is 3.88. The van der Waals surface area contributed by atoms with Gasteiger partial charge in [-0.1, -0.05) is 11.8 Å². The third-order valence-corrected chi connectivity index (χ3v) is 7.21. The number of halogens is 2. The van der Waals surface area contributed by atoms with E-state index < -0.39 is 51.1 Å². The van der Waals surface area contributed by atoms with E-state index in [4.69, 9.17) is 0 Å². The highest BCUT2D eigenvalue weighted by atomic mass is 32.2. The molecule has 0 saturated carbocycles. The Morgan fingerprint density at radius 3 is 2.65 bits per heavy atom. The summed E-state index contributed by atoms with van der Waals surface area (Å²) in [4.78, 5) is 27.4. The van der Waals surface area contributed by atoms with Gasteiger partial charge in [-0.05, 0) is 18.6 Å². The first-order valence-corrected chi connectivity index (χ1v) is 10.3. The lowest BCUT2D eigenvalue weighted by atomic mass is 10.2. The average molecular weight is 403 g/mol. The molecule has 3 rings (SSSR count). The second-order valence-electron chi connectivity index (χ2n) is 5.93. The molecule has 2 fully saturated rings. The predicted octanol–water partition coefficient (Wildman–Crippen LogP) is 0.0963. The minimum absolute atomic E-state index is 0.0729. The molecule has 2 saturated heterocycles. The fourth-order valence-corrected chi connectivity index (χ4v) is 6.82. The fourth-order valence-electron chi connectivity index (χ4n) is 2.89. The molecule has 26 heavy (non-hydrogen) atoms. The number of carboxylic acids is 1. The van der Waals surface area contributed by atoms with Gasteiger partial charge in [-0.2, -0.15) is 4.99 Å². The Hall–Kier alpha value is -2.01. The number of hydrogen-bond donors (Lipinski definition) is 0. The SMILES string of the molecule is O=C([O-])CCC(=O)N=C1S[C@H]2CS(=O)(=O)C[C@@H]2N1c1ccc(F)cc1F. The Morgan fingerprint density at radius 2 is 2.00 bits per heavy atom. The molecule has 0 aliphatic carbocycles. The van der Waals surface area contributed by atoms with Crippen molar-refractivity contribution < 1.29 is 31.9 Å². The molecule has 0 radical (unpaired) electrons. The molecular weight excluding hydrogens is 390 g/mol. The van der Waals surface area contributed by atoms with Crippen molar-refractivity contribution in [3.05, 3.63) is 29.8 Å². The largest absolute Gasteiger partial charge is 0.550 e. The zero-order chi connectivity index (χ0) is 19.1. The van der Waals surface area contributed by atoms with E-state index in [-0.39, 0.29) is 28.8 Å². The number of carbonyl (C=O) groups excluding carboxylic acids is 2. The molecule has 140 valence electrons. The Kier molecular flexibility index (Phi) is 5.02. The van der Waals surface area contributed by atoms with E-state index in [1.165, 1.54) is 4.90 Å². The van der Waals surface area contributed by atoms with Crippen LogP contribution in [0.15, 0.2) is 23.2 Å². The number of sulfone groups is 1. The van der Waals surface area contributed by atoms with Crippen LogP contribution in [-0.2, 0) is 19.4 Å². The summed E-state index contributed by atoms with van der Waals surface area (Å²) in [6, 6.07) is 2.19. The summed E-state index contributed by atoms with van der Waals surface area (Å²) in [5, 5.41) is 10.1. The number of amides is 1. The monoisotopic (exact) mass is 403 g/mol. The van der Waals surface area contributed by atoms with E-state index >= 15 is 0 Å². The molecule has 1 aromatic carbocycles. The van der Waals surface area contributed by atoms with Crippen molar-refractivity contribution in [3.8, 4) is 0 Å². The lowest BCUT2D eigenvalue weighted by Crippen LogP contribution is -2.38. The molecule has 2 heterocycles. The molecule has 0 spiro atoms. The Balaban J connectivity index is 1.96. The zero-order valence-electron chi connectivity index (χ0n) is 13.2. The summed E-state index contributed by atoms with van der Waals surface area (Å²) >= 11 is 1.01. The van der Waals surface area contributed by atoms with Gasteiger partial charge in [0.2, 0.25) is 5.91 Å². The maximum Gasteiger partial charge on any atom is 0.248 e. The molecule has 0 N–H and O–H groups in total. The number of hydrogen-bond acceptors (Lipinski definition) is 6. The van der Waals surface area contributed by atoms with E-state index in [0.717, 1.165) is 23.9 Å². The number of benzene rings is 1. The number of nitrogens with zero attached hydrogens (tertiary/aromatic N) is 2. The lowest BCUT2D eigenvalue weighted by Gasteiger charge is -2.24. The molecule has 2 aliphatic heterocycles. The van der Waals surface area contributed by atoms with E-state index in [1.807, 2.05) is 0 Å². The van der Waals surface area contributed by atoms with Gasteiger partial charge < -0.3 is 14.8 Å². The van der Waals surface area contributed by atoms with Crippen LogP contribution in [0.1, 0.15) is 12.8 Å². The van der Waals surface area contributed by atoms with Crippen LogP contribution in [0.5, 0.6) is 0 Å². The number of thioether (sulfide) groups is 1. The number of amidine groups is 1. The molecule has 0 unspecified atom stereocenters. The molecule has 1 aromatic rings. The zero-order valence-corrected chi connectivity index (χ0v) is 14.9. The van der Waals surface area contributed by atoms with E-state index in [2.05, 4.69) is 4.99 Å². The van der Waals surface area contributed by atoms with E-state index in [1.54, 1.807) is 0 Å². The van der Waals surface area contributed by atoms with Gasteiger partial charge in [0.05, 0.1) is 23.2 Å². The van der Waals surface area contributed by atoms with E-state index in [0.29, 0.717) is 6.07 Å².